The molecule has 1 atom stereocenters. The summed E-state index contributed by atoms with van der Waals surface area (Å²) in [5, 5.41) is 20.8. The third-order valence-corrected chi connectivity index (χ3v) is 6.37. The van der Waals surface area contributed by atoms with Crippen LogP contribution in [0.4, 0.5) is 0 Å². The van der Waals surface area contributed by atoms with E-state index in [2.05, 4.69) is 12.1 Å². The second-order valence-electron chi connectivity index (χ2n) is 6.53. The van der Waals surface area contributed by atoms with Crippen LogP contribution in [0.25, 0.3) is 17.5 Å². The second-order valence-corrected chi connectivity index (χ2v) is 8.43. The third kappa shape index (κ3) is 3.32. The fourth-order valence-corrected chi connectivity index (χ4v) is 4.73. The molecule has 0 saturated carbocycles. The van der Waals surface area contributed by atoms with Crippen molar-refractivity contribution in [3.63, 3.8) is 0 Å². The Hall–Kier alpha value is -3.29. The van der Waals surface area contributed by atoms with Crippen LogP contribution in [0.3, 0.4) is 0 Å². The van der Waals surface area contributed by atoms with Gasteiger partial charge in [-0.1, -0.05) is 47.5 Å². The van der Waals surface area contributed by atoms with Crippen molar-refractivity contribution in [1.29, 1.82) is 10.5 Å². The molecule has 0 spiro atoms. The first kappa shape index (κ1) is 20.0. The van der Waals surface area contributed by atoms with E-state index in [-0.39, 0.29) is 17.0 Å². The van der Waals surface area contributed by atoms with E-state index in [1.54, 1.807) is 54.6 Å². The van der Waals surface area contributed by atoms with E-state index in [0.717, 1.165) is 16.9 Å². The molecule has 30 heavy (non-hydrogen) atoms. The van der Waals surface area contributed by atoms with Gasteiger partial charge < -0.3 is 5.73 Å². The van der Waals surface area contributed by atoms with Crippen LogP contribution in [-0.4, -0.2) is 4.57 Å². The Morgan fingerprint density at radius 2 is 1.53 bits per heavy atom. The number of nitrogens with zero attached hydrogens (tertiary/aromatic N) is 3. The number of hydrogen-bond acceptors (Lipinski definition) is 5. The fraction of sp³-hybridized carbons (Fsp3) is 0.0455. The van der Waals surface area contributed by atoms with Gasteiger partial charge in [0.1, 0.15) is 10.5 Å². The molecule has 0 amide bonds. The van der Waals surface area contributed by atoms with Gasteiger partial charge >= 0.3 is 0 Å². The van der Waals surface area contributed by atoms with Gasteiger partial charge in [0.15, 0.2) is 0 Å². The number of rotatable bonds is 2. The molecule has 146 valence electrons. The lowest BCUT2D eigenvalue weighted by Crippen LogP contribution is -2.38. The lowest BCUT2D eigenvalue weighted by atomic mass is 9.84. The maximum absolute atomic E-state index is 13.1. The number of benzene rings is 2. The van der Waals surface area contributed by atoms with E-state index < -0.39 is 5.92 Å². The summed E-state index contributed by atoms with van der Waals surface area (Å²) in [7, 11) is 0. The van der Waals surface area contributed by atoms with Gasteiger partial charge in [0, 0.05) is 10.0 Å². The minimum Gasteiger partial charge on any atom is -0.384 e. The van der Waals surface area contributed by atoms with Gasteiger partial charge in [0.05, 0.1) is 33.7 Å². The Labute approximate surface area is 185 Å². The predicted octanol–water partition coefficient (Wildman–Crippen LogP) is 3.17. The molecule has 0 fully saturated rings. The van der Waals surface area contributed by atoms with Gasteiger partial charge in [0.2, 0.25) is 0 Å². The van der Waals surface area contributed by atoms with E-state index >= 15 is 0 Å². The van der Waals surface area contributed by atoms with Crippen LogP contribution in [-0.2, 0) is 0 Å². The van der Waals surface area contributed by atoms with Crippen molar-refractivity contribution in [3.8, 4) is 12.1 Å². The molecule has 0 aliphatic carbocycles. The maximum atomic E-state index is 13.1. The molecule has 2 heterocycles. The Morgan fingerprint density at radius 3 is 2.10 bits per heavy atom. The molecule has 5 nitrogen and oxygen atoms in total. The topological polar surface area (TPSA) is 95.6 Å². The second kappa shape index (κ2) is 7.85. The Kier molecular flexibility index (Phi) is 5.24. The van der Waals surface area contributed by atoms with Gasteiger partial charge in [-0.15, -0.1) is 11.3 Å². The molecular weight excluding hydrogens is 439 g/mol. The van der Waals surface area contributed by atoms with Crippen molar-refractivity contribution in [3.05, 3.63) is 94.8 Å². The van der Waals surface area contributed by atoms with Crippen LogP contribution in [0.2, 0.25) is 10.0 Å². The molecule has 0 saturated heterocycles. The number of aromatic nitrogens is 1. The largest absolute Gasteiger partial charge is 0.384 e. The number of halogens is 2. The molecule has 0 unspecified atom stereocenters. The summed E-state index contributed by atoms with van der Waals surface area (Å²) in [4.78, 5) is 13.1. The molecule has 2 N–H and O–H groups in total. The SMILES string of the molecule is N#CC1=C(N)n2c(s/c(=C\c3ccc(Cl)cc3)c2=O)=C(C#N)[C@@H]1c1ccc(Cl)cc1. The average Bonchev–Trinajstić information content (AvgIpc) is 3.06. The van der Waals surface area contributed by atoms with Gasteiger partial charge in [-0.3, -0.25) is 9.36 Å². The number of nitriles is 2. The summed E-state index contributed by atoms with van der Waals surface area (Å²) in [6.07, 6.45) is 1.71. The lowest BCUT2D eigenvalue weighted by Gasteiger charge is -2.22. The summed E-state index contributed by atoms with van der Waals surface area (Å²) < 4.78 is 2.06. The minimum absolute atomic E-state index is 0.0310. The Balaban J connectivity index is 2.04. The van der Waals surface area contributed by atoms with E-state index in [9.17, 15) is 15.3 Å². The standard InChI is InChI=1S/C22H12Cl2N4OS/c23-14-5-1-12(2-6-14)9-18-21(29)28-20(27)16(10-25)19(17(11-26)22(28)30-18)13-3-7-15(24)8-4-13/h1-9,19H,27H2/b18-9-/t19-/m1/s1. The average molecular weight is 451 g/mol. The molecule has 1 aliphatic rings. The van der Waals surface area contributed by atoms with Crippen LogP contribution in [0.1, 0.15) is 17.0 Å². The van der Waals surface area contributed by atoms with Gasteiger partial charge in [0.25, 0.3) is 5.56 Å². The normalized spacial score (nSPS) is 16.2. The fourth-order valence-electron chi connectivity index (χ4n) is 3.35. The van der Waals surface area contributed by atoms with E-state index in [1.165, 1.54) is 4.57 Å². The summed E-state index contributed by atoms with van der Waals surface area (Å²) in [6.45, 7) is 0. The summed E-state index contributed by atoms with van der Waals surface area (Å²) in [5.74, 6) is -0.637. The molecule has 8 heteroatoms. The van der Waals surface area contributed by atoms with Crippen molar-refractivity contribution in [2.24, 2.45) is 5.73 Å². The molecule has 0 radical (unpaired) electrons. The number of hydrogen-bond donors (Lipinski definition) is 1. The Morgan fingerprint density at radius 1 is 0.967 bits per heavy atom. The summed E-state index contributed by atoms with van der Waals surface area (Å²) >= 11 is 13.1. The van der Waals surface area contributed by atoms with Crippen molar-refractivity contribution >= 4 is 52.0 Å². The maximum Gasteiger partial charge on any atom is 0.274 e. The van der Waals surface area contributed by atoms with E-state index in [4.69, 9.17) is 28.9 Å². The molecule has 4 rings (SSSR count). The molecular formula is C22H12Cl2N4OS. The van der Waals surface area contributed by atoms with Crippen LogP contribution in [0.15, 0.2) is 58.9 Å². The highest BCUT2D eigenvalue weighted by molar-refractivity contribution is 7.07. The minimum atomic E-state index is -0.668. The quantitative estimate of drug-likeness (QED) is 0.648. The van der Waals surface area contributed by atoms with Crippen molar-refractivity contribution in [1.82, 2.24) is 4.57 Å². The lowest BCUT2D eigenvalue weighted by molar-refractivity contribution is 0.906. The first-order valence-electron chi connectivity index (χ1n) is 8.73. The van der Waals surface area contributed by atoms with Gasteiger partial charge in [-0.2, -0.15) is 10.5 Å². The first-order valence-corrected chi connectivity index (χ1v) is 10.3. The molecule has 0 bridgehead atoms. The summed E-state index contributed by atoms with van der Waals surface area (Å²) in [6, 6.07) is 18.2. The third-order valence-electron chi connectivity index (χ3n) is 4.76. The van der Waals surface area contributed by atoms with Crippen LogP contribution < -0.4 is 20.5 Å². The smallest absolute Gasteiger partial charge is 0.274 e. The van der Waals surface area contributed by atoms with Crippen molar-refractivity contribution in [2.75, 3.05) is 0 Å². The van der Waals surface area contributed by atoms with E-state index in [1.807, 2.05) is 0 Å². The zero-order valence-corrected chi connectivity index (χ0v) is 17.6. The monoisotopic (exact) mass is 450 g/mol. The number of fused-ring (bicyclic) bond motifs is 1. The first-order chi connectivity index (χ1) is 14.4. The van der Waals surface area contributed by atoms with Crippen LogP contribution in [0, 0.1) is 22.7 Å². The van der Waals surface area contributed by atoms with Crippen LogP contribution in [0.5, 0.6) is 0 Å². The Bertz CT molecular complexity index is 1450. The molecule has 1 aliphatic heterocycles. The molecule has 2 aromatic carbocycles. The zero-order valence-electron chi connectivity index (χ0n) is 15.3. The highest BCUT2D eigenvalue weighted by Crippen LogP contribution is 2.35. The number of nitrogens with two attached hydrogens (primary N) is 1. The molecule has 1 aromatic heterocycles. The van der Waals surface area contributed by atoms with Crippen LogP contribution >= 0.6 is 34.5 Å². The van der Waals surface area contributed by atoms with Crippen molar-refractivity contribution < 1.29 is 0 Å². The van der Waals surface area contributed by atoms with Gasteiger partial charge in [-0.05, 0) is 41.5 Å². The highest BCUT2D eigenvalue weighted by atomic mass is 35.5. The summed E-state index contributed by atoms with van der Waals surface area (Å²) in [5.41, 5.74) is 7.80. The van der Waals surface area contributed by atoms with E-state index in [0.29, 0.717) is 30.4 Å². The highest BCUT2D eigenvalue weighted by Gasteiger charge is 2.32. The molecule has 3 aromatic rings. The number of thiazole rings is 1. The van der Waals surface area contributed by atoms with Gasteiger partial charge in [-0.25, -0.2) is 0 Å². The van der Waals surface area contributed by atoms with Crippen molar-refractivity contribution in [2.45, 2.75) is 5.92 Å². The zero-order chi connectivity index (χ0) is 21.4. The number of allylic oxidation sites excluding steroid dienone is 1. The predicted molar refractivity (Wildman–Crippen MR) is 119 cm³/mol.